The van der Waals surface area contributed by atoms with E-state index in [1.165, 1.54) is 6.42 Å². The molecule has 1 atom stereocenters. The van der Waals surface area contributed by atoms with E-state index in [0.717, 1.165) is 62.7 Å². The lowest BCUT2D eigenvalue weighted by atomic mass is 10.1. The van der Waals surface area contributed by atoms with Crippen molar-refractivity contribution in [3.8, 4) is 21.3 Å². The zero-order valence-corrected chi connectivity index (χ0v) is 18.8. The number of aromatic nitrogens is 5. The first-order valence-corrected chi connectivity index (χ1v) is 11.6. The van der Waals surface area contributed by atoms with E-state index in [1.807, 2.05) is 54.5 Å². The zero-order valence-electron chi connectivity index (χ0n) is 17.2. The molecule has 1 unspecified atom stereocenters. The van der Waals surface area contributed by atoms with E-state index < -0.39 is 0 Å². The molecule has 0 amide bonds. The lowest BCUT2D eigenvalue weighted by molar-refractivity contribution is -0.811. The summed E-state index contributed by atoms with van der Waals surface area (Å²) in [5.41, 5.74) is 4.18. The third kappa shape index (κ3) is 4.54. The average Bonchev–Trinajstić information content (AvgIpc) is 3.43. The van der Waals surface area contributed by atoms with Gasteiger partial charge < -0.3 is 4.74 Å². The molecule has 1 saturated heterocycles. The Morgan fingerprint density at radius 2 is 2.06 bits per heavy atom. The smallest absolute Gasteiger partial charge is 0.309 e. The second-order valence-corrected chi connectivity index (χ2v) is 9.15. The van der Waals surface area contributed by atoms with Gasteiger partial charge in [0.15, 0.2) is 0 Å². The molecule has 4 heterocycles. The van der Waals surface area contributed by atoms with Crippen LogP contribution in [0.4, 0.5) is 0 Å². The predicted molar refractivity (Wildman–Crippen MR) is 121 cm³/mol. The minimum Gasteiger partial charge on any atom is -0.338 e. The van der Waals surface area contributed by atoms with Gasteiger partial charge in [-0.05, 0) is 54.6 Å². The van der Waals surface area contributed by atoms with Crippen molar-refractivity contribution in [1.29, 1.82) is 0 Å². The topological polar surface area (TPSA) is 67.6 Å². The van der Waals surface area contributed by atoms with Crippen molar-refractivity contribution in [2.45, 2.75) is 38.8 Å². The second kappa shape index (κ2) is 8.86. The molecule has 5 rings (SSSR count). The molecule has 4 aromatic rings. The normalized spacial score (nSPS) is 16.5. The molecular weight excluding hydrogens is 430 g/mol. The van der Waals surface area contributed by atoms with Gasteiger partial charge in [0.25, 0.3) is 5.82 Å². The summed E-state index contributed by atoms with van der Waals surface area (Å²) >= 11 is 7.71. The van der Waals surface area contributed by atoms with E-state index in [0.29, 0.717) is 6.42 Å². The van der Waals surface area contributed by atoms with E-state index >= 15 is 0 Å². The number of ether oxygens (including phenoxy) is 1. The van der Waals surface area contributed by atoms with Crippen LogP contribution in [0, 0.1) is 6.92 Å². The molecule has 0 bridgehead atoms. The average molecular weight is 453 g/mol. The number of rotatable bonds is 5. The van der Waals surface area contributed by atoms with Crippen LogP contribution in [-0.4, -0.2) is 26.7 Å². The molecule has 1 aliphatic heterocycles. The number of hydrogen-bond acceptors (Lipinski definition) is 5. The van der Waals surface area contributed by atoms with E-state index in [2.05, 4.69) is 21.1 Å². The molecule has 3 aromatic heterocycles. The van der Waals surface area contributed by atoms with E-state index in [9.17, 15) is 0 Å². The Morgan fingerprint density at radius 1 is 1.19 bits per heavy atom. The first-order chi connectivity index (χ1) is 15.2. The van der Waals surface area contributed by atoms with Gasteiger partial charge in [0, 0.05) is 35.3 Å². The number of nitrogens with zero attached hydrogens (tertiary/aromatic N) is 4. The molecule has 31 heavy (non-hydrogen) atoms. The van der Waals surface area contributed by atoms with Crippen LogP contribution < -0.4 is 4.68 Å². The highest BCUT2D eigenvalue weighted by Crippen LogP contribution is 2.35. The van der Waals surface area contributed by atoms with Crippen molar-refractivity contribution in [3.63, 3.8) is 0 Å². The molecule has 0 aliphatic carbocycles. The molecule has 1 N–H and O–H groups in total. The molecule has 0 radical (unpaired) electrons. The van der Waals surface area contributed by atoms with E-state index in [1.54, 1.807) is 11.3 Å². The standard InChI is InChI=1S/C23H22ClN5OS/c1-15-12-17(9-10-25-15)23-27-19(13-16-5-7-18(24)8-6-16)21(31-23)22-26-14-29(28-22)20-4-2-3-11-30-20/h5-10,12,14,20H,2-4,11,13H2,1H3/p+1. The summed E-state index contributed by atoms with van der Waals surface area (Å²) in [7, 11) is 0. The van der Waals surface area contributed by atoms with Gasteiger partial charge in [-0.1, -0.05) is 23.7 Å². The molecule has 1 fully saturated rings. The van der Waals surface area contributed by atoms with Crippen LogP contribution in [-0.2, 0) is 11.2 Å². The molecule has 6 nitrogen and oxygen atoms in total. The molecule has 1 aromatic carbocycles. The Hall–Kier alpha value is -2.61. The molecule has 0 spiro atoms. The Kier molecular flexibility index (Phi) is 5.80. The number of H-pyrrole nitrogens is 1. The summed E-state index contributed by atoms with van der Waals surface area (Å²) in [5.74, 6) is 0.813. The van der Waals surface area contributed by atoms with Crippen molar-refractivity contribution >= 4 is 22.9 Å². The summed E-state index contributed by atoms with van der Waals surface area (Å²) in [6.07, 6.45) is 7.65. The maximum absolute atomic E-state index is 6.07. The van der Waals surface area contributed by atoms with Gasteiger partial charge in [0.2, 0.25) is 6.23 Å². The van der Waals surface area contributed by atoms with Gasteiger partial charge in [0.1, 0.15) is 9.88 Å². The molecule has 0 saturated carbocycles. The SMILES string of the molecule is Cc1cc(-c2nc(Cc3ccc(Cl)cc3)c(-c3nc[n+](C4CCCCO4)[nH]3)s2)ccn1. The maximum Gasteiger partial charge on any atom is 0.309 e. The first kappa shape index (κ1) is 20.3. The zero-order chi connectivity index (χ0) is 21.2. The summed E-state index contributed by atoms with van der Waals surface area (Å²) in [6, 6.07) is 12.0. The third-order valence-corrected chi connectivity index (χ3v) is 6.76. The Bertz CT molecular complexity index is 1180. The Labute approximate surface area is 189 Å². The Balaban J connectivity index is 1.52. The van der Waals surface area contributed by atoms with Crippen molar-refractivity contribution in [2.75, 3.05) is 6.61 Å². The number of aryl methyl sites for hydroxylation is 1. The fourth-order valence-electron chi connectivity index (χ4n) is 3.75. The highest BCUT2D eigenvalue weighted by atomic mass is 35.5. The maximum atomic E-state index is 6.07. The number of nitrogens with one attached hydrogen (secondary N) is 1. The van der Waals surface area contributed by atoms with Crippen LogP contribution in [0.25, 0.3) is 21.3 Å². The van der Waals surface area contributed by atoms with Gasteiger partial charge in [-0.2, -0.15) is 5.10 Å². The lowest BCUT2D eigenvalue weighted by Gasteiger charge is -2.18. The van der Waals surface area contributed by atoms with Crippen molar-refractivity contribution in [3.05, 3.63) is 70.9 Å². The number of aromatic amines is 1. The highest BCUT2D eigenvalue weighted by Gasteiger charge is 2.26. The lowest BCUT2D eigenvalue weighted by Crippen LogP contribution is -2.43. The van der Waals surface area contributed by atoms with Crippen LogP contribution >= 0.6 is 22.9 Å². The predicted octanol–water partition coefficient (Wildman–Crippen LogP) is 5.13. The van der Waals surface area contributed by atoms with Gasteiger partial charge in [-0.15, -0.1) is 16.0 Å². The van der Waals surface area contributed by atoms with Crippen molar-refractivity contribution < 1.29 is 9.42 Å². The molecule has 8 heteroatoms. The number of thiazole rings is 1. The molecular formula is C23H23ClN5OS+. The van der Waals surface area contributed by atoms with Crippen LogP contribution in [0.3, 0.4) is 0 Å². The van der Waals surface area contributed by atoms with E-state index in [-0.39, 0.29) is 6.23 Å². The molecule has 158 valence electrons. The summed E-state index contributed by atoms with van der Waals surface area (Å²) in [4.78, 5) is 15.0. The largest absolute Gasteiger partial charge is 0.338 e. The van der Waals surface area contributed by atoms with Crippen LogP contribution in [0.2, 0.25) is 5.02 Å². The number of halogens is 1. The van der Waals surface area contributed by atoms with Gasteiger partial charge >= 0.3 is 6.33 Å². The van der Waals surface area contributed by atoms with Gasteiger partial charge in [0.05, 0.1) is 12.3 Å². The second-order valence-electron chi connectivity index (χ2n) is 7.72. The third-order valence-electron chi connectivity index (χ3n) is 5.35. The quantitative estimate of drug-likeness (QED) is 0.426. The Morgan fingerprint density at radius 3 is 2.84 bits per heavy atom. The summed E-state index contributed by atoms with van der Waals surface area (Å²) in [5, 5.41) is 5.12. The van der Waals surface area contributed by atoms with Gasteiger partial charge in [-0.3, -0.25) is 4.98 Å². The number of pyridine rings is 1. The summed E-state index contributed by atoms with van der Waals surface area (Å²) in [6.45, 7) is 2.78. The van der Waals surface area contributed by atoms with Crippen molar-refractivity contribution in [1.82, 2.24) is 20.1 Å². The fraction of sp³-hybridized carbons (Fsp3) is 0.304. The van der Waals surface area contributed by atoms with Crippen LogP contribution in [0.5, 0.6) is 0 Å². The monoisotopic (exact) mass is 452 g/mol. The van der Waals surface area contributed by atoms with Crippen LogP contribution in [0.1, 0.15) is 42.4 Å². The minimum absolute atomic E-state index is 0.0185. The first-order valence-electron chi connectivity index (χ1n) is 10.4. The van der Waals surface area contributed by atoms with Gasteiger partial charge in [-0.25, -0.2) is 4.98 Å². The fourth-order valence-corrected chi connectivity index (χ4v) is 4.90. The number of hydrogen-bond donors (Lipinski definition) is 1. The summed E-state index contributed by atoms with van der Waals surface area (Å²) < 4.78 is 7.87. The van der Waals surface area contributed by atoms with E-state index in [4.69, 9.17) is 21.3 Å². The van der Waals surface area contributed by atoms with Crippen molar-refractivity contribution in [2.24, 2.45) is 0 Å². The number of benzene rings is 1. The van der Waals surface area contributed by atoms with Crippen LogP contribution in [0.15, 0.2) is 48.9 Å². The highest BCUT2D eigenvalue weighted by molar-refractivity contribution is 7.18. The minimum atomic E-state index is 0.0185. The molecule has 1 aliphatic rings.